The number of nitriles is 1. The number of terminal acetylenes is 1. The van der Waals surface area contributed by atoms with Crippen molar-refractivity contribution >= 4 is 27.5 Å². The molecule has 8 nitrogen and oxygen atoms in total. The third-order valence-corrected chi connectivity index (χ3v) is 9.48. The lowest BCUT2D eigenvalue weighted by molar-refractivity contribution is 0.107. The third-order valence-electron chi connectivity index (χ3n) is 9.48. The topological polar surface area (TPSA) is 98.4 Å². The monoisotopic (exact) mass is 612 g/mol. The fourth-order valence-corrected chi connectivity index (χ4v) is 7.36. The number of halogens is 3. The van der Waals surface area contributed by atoms with Crippen LogP contribution < -0.4 is 9.64 Å². The fraction of sp³-hybridized carbons (Fsp3) is 0.412. The van der Waals surface area contributed by atoms with Crippen LogP contribution in [0.15, 0.2) is 30.5 Å². The molecule has 2 aromatic heterocycles. The number of benzene rings is 2. The highest BCUT2D eigenvalue weighted by atomic mass is 19.1. The van der Waals surface area contributed by atoms with E-state index in [1.54, 1.807) is 0 Å². The summed E-state index contributed by atoms with van der Waals surface area (Å²) >= 11 is 0. The number of rotatable bonds is 5. The zero-order chi connectivity index (χ0) is 31.3. The second-order valence-electron chi connectivity index (χ2n) is 12.3. The number of aromatic nitrogens is 3. The lowest BCUT2D eigenvalue weighted by atomic mass is 9.95. The molecule has 3 aliphatic rings. The van der Waals surface area contributed by atoms with Gasteiger partial charge >= 0.3 is 6.01 Å². The zero-order valence-corrected chi connectivity index (χ0v) is 24.6. The van der Waals surface area contributed by atoms with Gasteiger partial charge in [-0.3, -0.25) is 9.88 Å². The van der Waals surface area contributed by atoms with Gasteiger partial charge in [0.15, 0.2) is 5.82 Å². The Morgan fingerprint density at radius 1 is 1.13 bits per heavy atom. The first-order chi connectivity index (χ1) is 21.8. The van der Waals surface area contributed by atoms with Crippen molar-refractivity contribution in [3.8, 4) is 41.4 Å². The molecule has 5 heterocycles. The van der Waals surface area contributed by atoms with E-state index in [9.17, 15) is 19.1 Å². The Kier molecular flexibility index (Phi) is 7.37. The van der Waals surface area contributed by atoms with E-state index in [2.05, 4.69) is 26.9 Å². The van der Waals surface area contributed by atoms with Gasteiger partial charge in [0.1, 0.15) is 41.4 Å². The Morgan fingerprint density at radius 3 is 2.82 bits per heavy atom. The second-order valence-corrected chi connectivity index (χ2v) is 12.3. The molecule has 0 spiro atoms. The summed E-state index contributed by atoms with van der Waals surface area (Å²) in [6, 6.07) is 7.67. The van der Waals surface area contributed by atoms with Crippen molar-refractivity contribution in [3.05, 3.63) is 47.7 Å². The first kappa shape index (κ1) is 29.1. The van der Waals surface area contributed by atoms with Gasteiger partial charge < -0.3 is 14.7 Å². The Hall–Kier alpha value is -4.61. The van der Waals surface area contributed by atoms with E-state index in [-0.39, 0.29) is 52.0 Å². The Balaban J connectivity index is 1.39. The number of phenols is 1. The van der Waals surface area contributed by atoms with Crippen LogP contribution in [0.25, 0.3) is 32.9 Å². The fourth-order valence-electron chi connectivity index (χ4n) is 7.36. The largest absolute Gasteiger partial charge is 0.508 e. The van der Waals surface area contributed by atoms with E-state index in [0.29, 0.717) is 42.6 Å². The van der Waals surface area contributed by atoms with Crippen molar-refractivity contribution in [2.75, 3.05) is 37.7 Å². The summed E-state index contributed by atoms with van der Waals surface area (Å²) in [6.45, 7) is 2.29. The molecular weight excluding hydrogens is 581 g/mol. The molecule has 11 heteroatoms. The predicted octanol–water partition coefficient (Wildman–Crippen LogP) is 5.90. The van der Waals surface area contributed by atoms with Gasteiger partial charge in [0.25, 0.3) is 0 Å². The normalized spacial score (nSPS) is 23.5. The average molecular weight is 613 g/mol. The molecular formula is C34H31F3N6O2. The van der Waals surface area contributed by atoms with Crippen molar-refractivity contribution in [1.29, 1.82) is 5.26 Å². The van der Waals surface area contributed by atoms with Gasteiger partial charge in [-0.1, -0.05) is 18.4 Å². The lowest BCUT2D eigenvalue weighted by Gasteiger charge is -2.31. The van der Waals surface area contributed by atoms with Gasteiger partial charge in [-0.2, -0.15) is 15.2 Å². The van der Waals surface area contributed by atoms with E-state index >= 15 is 4.39 Å². The van der Waals surface area contributed by atoms with Crippen LogP contribution in [0.1, 0.15) is 44.1 Å². The van der Waals surface area contributed by atoms with Gasteiger partial charge in [-0.05, 0) is 55.8 Å². The van der Waals surface area contributed by atoms with Crippen LogP contribution >= 0.6 is 0 Å². The molecule has 3 atom stereocenters. The number of fused-ring (bicyclic) bond motifs is 3. The van der Waals surface area contributed by atoms with E-state index in [0.717, 1.165) is 38.6 Å². The van der Waals surface area contributed by atoms with Crippen LogP contribution in [0.3, 0.4) is 0 Å². The van der Waals surface area contributed by atoms with Crippen LogP contribution in [0.2, 0.25) is 0 Å². The van der Waals surface area contributed by atoms with E-state index in [4.69, 9.17) is 16.1 Å². The van der Waals surface area contributed by atoms with Crippen molar-refractivity contribution in [2.45, 2.75) is 50.2 Å². The first-order valence-corrected chi connectivity index (χ1v) is 15.2. The van der Waals surface area contributed by atoms with Crippen molar-refractivity contribution in [2.24, 2.45) is 5.92 Å². The number of pyridine rings is 1. The zero-order valence-electron chi connectivity index (χ0n) is 24.6. The summed E-state index contributed by atoms with van der Waals surface area (Å²) in [5, 5.41) is 21.2. The smallest absolute Gasteiger partial charge is 0.319 e. The minimum atomic E-state index is -0.942. The molecule has 45 heavy (non-hydrogen) atoms. The standard InChI is InChI=1S/C34H31F3N6O2/c1-2-24-27(36)8-7-21-12-23(44)13-25(28(21)24)30-29(37)31-26(16-39-30)32(42-10-4-3-6-20(15-38)17-42)41-33(40-31)45-19-34-9-5-11-43(34)18-22(35)14-34/h1,7-8,12-13,16,20,22,44H,3-6,9-11,14,17-19H2/t20?,22-,34+/m1/s1. The SMILES string of the molecule is C#Cc1c(F)ccc2cc(O)cc(-c3ncc4c(N5CCCCC(C#N)C5)nc(OC[C@@]56CCCN5C[C@H](F)C6)nc4c3F)c12. The van der Waals surface area contributed by atoms with Gasteiger partial charge in [0.05, 0.1) is 28.5 Å². The number of aromatic hydroxyl groups is 1. The minimum Gasteiger partial charge on any atom is -0.508 e. The van der Waals surface area contributed by atoms with Gasteiger partial charge in [-0.25, -0.2) is 13.2 Å². The molecule has 1 unspecified atom stereocenters. The first-order valence-electron chi connectivity index (χ1n) is 15.2. The summed E-state index contributed by atoms with van der Waals surface area (Å²) in [5.74, 6) is 0.854. The summed E-state index contributed by atoms with van der Waals surface area (Å²) in [5.41, 5.74) is -0.692. The molecule has 3 saturated heterocycles. The molecule has 0 bridgehead atoms. The molecule has 7 rings (SSSR count). The summed E-state index contributed by atoms with van der Waals surface area (Å²) in [6.07, 6.45) is 10.7. The maximum Gasteiger partial charge on any atom is 0.319 e. The molecule has 3 fully saturated rings. The molecule has 0 radical (unpaired) electrons. The van der Waals surface area contributed by atoms with Crippen molar-refractivity contribution in [1.82, 2.24) is 19.9 Å². The van der Waals surface area contributed by atoms with Crippen molar-refractivity contribution in [3.63, 3.8) is 0 Å². The van der Waals surface area contributed by atoms with Crippen LogP contribution in [0.4, 0.5) is 19.0 Å². The molecule has 1 N–H and O–H groups in total. The summed E-state index contributed by atoms with van der Waals surface area (Å²) in [7, 11) is 0. The highest BCUT2D eigenvalue weighted by Crippen LogP contribution is 2.42. The molecule has 2 aromatic carbocycles. The average Bonchev–Trinajstić information content (AvgIpc) is 3.44. The Morgan fingerprint density at radius 2 is 2.00 bits per heavy atom. The molecule has 0 amide bonds. The second kappa shape index (κ2) is 11.4. The highest BCUT2D eigenvalue weighted by Gasteiger charge is 2.49. The number of hydrogen-bond donors (Lipinski definition) is 1. The van der Waals surface area contributed by atoms with Crippen LogP contribution in [-0.2, 0) is 0 Å². The number of ether oxygens (including phenoxy) is 1. The lowest BCUT2D eigenvalue weighted by Crippen LogP contribution is -2.43. The molecule has 230 valence electrons. The van der Waals surface area contributed by atoms with Crippen LogP contribution in [-0.4, -0.2) is 69.5 Å². The Labute approximate surface area is 258 Å². The molecule has 0 saturated carbocycles. The van der Waals surface area contributed by atoms with Crippen LogP contribution in [0, 0.1) is 41.2 Å². The van der Waals surface area contributed by atoms with Crippen LogP contribution in [0.5, 0.6) is 11.8 Å². The summed E-state index contributed by atoms with van der Waals surface area (Å²) < 4.78 is 52.2. The highest BCUT2D eigenvalue weighted by molar-refractivity contribution is 6.03. The van der Waals surface area contributed by atoms with Gasteiger partial charge in [-0.15, -0.1) is 6.42 Å². The number of hydrogen-bond acceptors (Lipinski definition) is 8. The van der Waals surface area contributed by atoms with Gasteiger partial charge in [0.2, 0.25) is 0 Å². The van der Waals surface area contributed by atoms with Gasteiger partial charge in [0, 0.05) is 43.2 Å². The van der Waals surface area contributed by atoms with E-state index < -0.39 is 23.3 Å². The molecule has 3 aliphatic heterocycles. The Bertz CT molecular complexity index is 1910. The molecule has 4 aromatic rings. The number of nitrogens with zero attached hydrogens (tertiary/aromatic N) is 6. The number of phenolic OH excluding ortho intramolecular Hbond substituents is 1. The predicted molar refractivity (Wildman–Crippen MR) is 164 cm³/mol. The van der Waals surface area contributed by atoms with E-state index in [1.165, 1.54) is 30.5 Å². The number of anilines is 1. The summed E-state index contributed by atoms with van der Waals surface area (Å²) in [4.78, 5) is 17.7. The maximum absolute atomic E-state index is 16.7. The third kappa shape index (κ3) is 5.05. The number of alkyl halides is 1. The van der Waals surface area contributed by atoms with E-state index in [1.807, 2.05) is 4.90 Å². The quantitative estimate of drug-likeness (QED) is 0.279. The molecule has 0 aliphatic carbocycles. The minimum absolute atomic E-state index is 0.0639. The maximum atomic E-state index is 16.7. The van der Waals surface area contributed by atoms with Crippen molar-refractivity contribution < 1.29 is 23.0 Å².